The maximum Gasteiger partial charge on any atom is 0.0231 e. The summed E-state index contributed by atoms with van der Waals surface area (Å²) in [6.45, 7) is 3.81. The van der Waals surface area contributed by atoms with Gasteiger partial charge in [-0.05, 0) is 42.6 Å². The van der Waals surface area contributed by atoms with Gasteiger partial charge in [0.05, 0.1) is 0 Å². The molecule has 0 amide bonds. The zero-order valence-electron chi connectivity index (χ0n) is 13.6. The molecule has 0 aliphatic carbocycles. The summed E-state index contributed by atoms with van der Waals surface area (Å²) >= 11 is 4.00. The molecule has 122 valence electrons. The third kappa shape index (κ3) is 5.91. The van der Waals surface area contributed by atoms with Crippen LogP contribution in [-0.2, 0) is 12.2 Å². The Kier molecular flexibility index (Phi) is 6.93. The number of rotatable bonds is 7. The van der Waals surface area contributed by atoms with E-state index in [1.165, 1.54) is 60.0 Å². The van der Waals surface area contributed by atoms with E-state index in [0.717, 1.165) is 5.75 Å². The lowest BCUT2D eigenvalue weighted by atomic mass is 10.1. The fourth-order valence-corrected chi connectivity index (χ4v) is 4.67. The maximum absolute atomic E-state index is 2.61. The molecule has 0 unspecified atom stereocenters. The van der Waals surface area contributed by atoms with Crippen molar-refractivity contribution in [1.29, 1.82) is 0 Å². The summed E-state index contributed by atoms with van der Waals surface area (Å²) < 4.78 is 0. The quantitative estimate of drug-likeness (QED) is 0.654. The van der Waals surface area contributed by atoms with E-state index in [2.05, 4.69) is 71.3 Å². The summed E-state index contributed by atoms with van der Waals surface area (Å²) in [7, 11) is 0. The van der Waals surface area contributed by atoms with Gasteiger partial charge >= 0.3 is 0 Å². The van der Waals surface area contributed by atoms with E-state index in [1.807, 2.05) is 11.8 Å². The average molecular weight is 344 g/mol. The second kappa shape index (κ2) is 9.41. The molecule has 0 bridgehead atoms. The lowest BCUT2D eigenvalue weighted by molar-refractivity contribution is 0.299. The van der Waals surface area contributed by atoms with Crippen LogP contribution in [0.4, 0.5) is 0 Å². The van der Waals surface area contributed by atoms with Crippen LogP contribution < -0.4 is 0 Å². The van der Waals surface area contributed by atoms with Crippen LogP contribution >= 0.6 is 23.5 Å². The van der Waals surface area contributed by atoms with Gasteiger partial charge in [-0.3, -0.25) is 0 Å². The zero-order valence-corrected chi connectivity index (χ0v) is 15.2. The molecule has 1 saturated heterocycles. The first kappa shape index (κ1) is 16.9. The van der Waals surface area contributed by atoms with E-state index >= 15 is 0 Å². The summed E-state index contributed by atoms with van der Waals surface area (Å²) in [5.41, 5.74) is 2.89. The van der Waals surface area contributed by atoms with Crippen LogP contribution in [0.2, 0.25) is 0 Å². The van der Waals surface area contributed by atoms with Gasteiger partial charge in [-0.1, -0.05) is 42.5 Å². The molecule has 1 fully saturated rings. The van der Waals surface area contributed by atoms with Gasteiger partial charge in [0.1, 0.15) is 0 Å². The molecular formula is C20H25NS2. The van der Waals surface area contributed by atoms with Crippen molar-refractivity contribution >= 4 is 23.5 Å². The largest absolute Gasteiger partial charge is 0.302 e. The van der Waals surface area contributed by atoms with Crippen molar-refractivity contribution < 1.29 is 0 Å². The monoisotopic (exact) mass is 343 g/mol. The molecule has 0 radical (unpaired) electrons. The van der Waals surface area contributed by atoms with Gasteiger partial charge in [0.25, 0.3) is 0 Å². The molecular weight excluding hydrogens is 318 g/mol. The molecule has 2 aromatic rings. The first-order valence-electron chi connectivity index (χ1n) is 8.46. The van der Waals surface area contributed by atoms with Crippen LogP contribution in [0.3, 0.4) is 0 Å². The predicted octanol–water partition coefficient (Wildman–Crippen LogP) is 4.96. The third-order valence-electron chi connectivity index (χ3n) is 4.22. The fourth-order valence-electron chi connectivity index (χ4n) is 2.82. The maximum atomic E-state index is 2.61. The topological polar surface area (TPSA) is 3.24 Å². The molecule has 0 aromatic heterocycles. The van der Waals surface area contributed by atoms with E-state index in [4.69, 9.17) is 0 Å². The highest BCUT2D eigenvalue weighted by Crippen LogP contribution is 2.22. The Morgan fingerprint density at radius 2 is 1.57 bits per heavy atom. The first-order valence-corrected chi connectivity index (χ1v) is 10.6. The number of thioether (sulfide) groups is 2. The van der Waals surface area contributed by atoms with E-state index in [1.54, 1.807) is 0 Å². The van der Waals surface area contributed by atoms with Gasteiger partial charge in [0, 0.05) is 35.2 Å². The van der Waals surface area contributed by atoms with E-state index in [9.17, 15) is 0 Å². The van der Waals surface area contributed by atoms with Crippen molar-refractivity contribution in [3.63, 3.8) is 0 Å². The van der Waals surface area contributed by atoms with Crippen molar-refractivity contribution in [2.75, 3.05) is 31.1 Å². The number of nitrogens with zero attached hydrogens (tertiary/aromatic N) is 1. The Labute approximate surface area is 148 Å². The molecule has 1 aliphatic rings. The van der Waals surface area contributed by atoms with Gasteiger partial charge in [0.2, 0.25) is 0 Å². The second-order valence-corrected chi connectivity index (χ2v) is 8.25. The van der Waals surface area contributed by atoms with Crippen LogP contribution in [0.25, 0.3) is 0 Å². The minimum Gasteiger partial charge on any atom is -0.302 e. The fraction of sp³-hybridized carbons (Fsp3) is 0.400. The van der Waals surface area contributed by atoms with E-state index in [0.29, 0.717) is 0 Å². The van der Waals surface area contributed by atoms with Gasteiger partial charge in [-0.2, -0.15) is 11.8 Å². The Hall–Kier alpha value is -0.900. The van der Waals surface area contributed by atoms with Crippen LogP contribution in [0.15, 0.2) is 59.5 Å². The predicted molar refractivity (Wildman–Crippen MR) is 105 cm³/mol. The zero-order chi connectivity index (χ0) is 15.7. The molecule has 0 spiro atoms. The molecule has 2 aromatic carbocycles. The van der Waals surface area contributed by atoms with Gasteiger partial charge < -0.3 is 4.90 Å². The van der Waals surface area contributed by atoms with Crippen LogP contribution in [0.5, 0.6) is 0 Å². The Morgan fingerprint density at radius 3 is 2.30 bits per heavy atom. The molecule has 0 atom stereocenters. The minimum atomic E-state index is 1.05. The number of aryl methyl sites for hydroxylation is 1. The number of hydrogen-bond acceptors (Lipinski definition) is 3. The summed E-state index contributed by atoms with van der Waals surface area (Å²) in [5.74, 6) is 3.68. The molecule has 23 heavy (non-hydrogen) atoms. The third-order valence-corrected chi connectivity index (χ3v) is 6.24. The minimum absolute atomic E-state index is 1.05. The first-order chi connectivity index (χ1) is 11.4. The lowest BCUT2D eigenvalue weighted by Crippen LogP contribution is -2.33. The smallest absolute Gasteiger partial charge is 0.0231 e. The van der Waals surface area contributed by atoms with Crippen LogP contribution in [-0.4, -0.2) is 36.0 Å². The normalized spacial score (nSPS) is 15.7. The Morgan fingerprint density at radius 1 is 0.870 bits per heavy atom. The average Bonchev–Trinajstić information content (AvgIpc) is 2.63. The summed E-state index contributed by atoms with van der Waals surface area (Å²) in [5, 5.41) is 0. The van der Waals surface area contributed by atoms with Crippen molar-refractivity contribution in [2.24, 2.45) is 0 Å². The van der Waals surface area contributed by atoms with E-state index in [-0.39, 0.29) is 0 Å². The highest BCUT2D eigenvalue weighted by Gasteiger charge is 2.09. The van der Waals surface area contributed by atoms with Gasteiger partial charge in [-0.25, -0.2) is 0 Å². The van der Waals surface area contributed by atoms with Crippen molar-refractivity contribution in [2.45, 2.75) is 23.5 Å². The van der Waals surface area contributed by atoms with Gasteiger partial charge in [-0.15, -0.1) is 11.8 Å². The van der Waals surface area contributed by atoms with Crippen molar-refractivity contribution in [3.8, 4) is 0 Å². The van der Waals surface area contributed by atoms with Gasteiger partial charge in [0.15, 0.2) is 0 Å². The van der Waals surface area contributed by atoms with Crippen molar-refractivity contribution in [1.82, 2.24) is 4.90 Å². The lowest BCUT2D eigenvalue weighted by Gasteiger charge is -2.25. The molecule has 3 rings (SSSR count). The summed E-state index contributed by atoms with van der Waals surface area (Å²) in [6.07, 6.45) is 2.48. The second-order valence-electron chi connectivity index (χ2n) is 5.98. The standard InChI is InChI=1S/C20H25NS2/c1-2-6-20(7-3-1)23-17-19-10-8-18(9-11-19)5-4-12-21-13-15-22-16-14-21/h1-3,6-11H,4-5,12-17H2. The van der Waals surface area contributed by atoms with Crippen LogP contribution in [0.1, 0.15) is 17.5 Å². The van der Waals surface area contributed by atoms with Crippen molar-refractivity contribution in [3.05, 3.63) is 65.7 Å². The summed E-state index contributed by atoms with van der Waals surface area (Å²) in [4.78, 5) is 3.96. The Bertz CT molecular complexity index is 562. The molecule has 1 aliphatic heterocycles. The number of hydrogen-bond donors (Lipinski definition) is 0. The molecule has 1 nitrogen and oxygen atoms in total. The molecule has 3 heteroatoms. The summed E-state index contributed by atoms with van der Waals surface area (Å²) in [6, 6.07) is 19.8. The molecule has 0 N–H and O–H groups in total. The molecule has 1 heterocycles. The highest BCUT2D eigenvalue weighted by atomic mass is 32.2. The SMILES string of the molecule is c1ccc(SCc2ccc(CCCN3CCSCC3)cc2)cc1. The highest BCUT2D eigenvalue weighted by molar-refractivity contribution is 7.99. The number of benzene rings is 2. The van der Waals surface area contributed by atoms with Crippen LogP contribution in [0, 0.1) is 0 Å². The van der Waals surface area contributed by atoms with E-state index < -0.39 is 0 Å². The molecule has 0 saturated carbocycles. The Balaban J connectivity index is 1.40.